The summed E-state index contributed by atoms with van der Waals surface area (Å²) < 4.78 is 4.72. The number of amides is 1. The first-order valence-corrected chi connectivity index (χ1v) is 8.82. The molecule has 2 aromatic carbocycles. The molecule has 0 bridgehead atoms. The minimum absolute atomic E-state index is 0.117. The molecule has 0 unspecified atom stereocenters. The van der Waals surface area contributed by atoms with Crippen LogP contribution in [0.1, 0.15) is 17.7 Å². The molecule has 0 saturated heterocycles. The second-order valence-corrected chi connectivity index (χ2v) is 6.38. The third kappa shape index (κ3) is 4.23. The zero-order valence-corrected chi connectivity index (χ0v) is 14.7. The molecule has 0 radical (unpaired) electrons. The normalized spacial score (nSPS) is 15.9. The molecule has 136 valence electrons. The van der Waals surface area contributed by atoms with Crippen molar-refractivity contribution < 1.29 is 14.2 Å². The number of hydrogen-bond donors (Lipinski definition) is 1. The summed E-state index contributed by atoms with van der Waals surface area (Å²) >= 11 is 0. The molecule has 6 nitrogen and oxygen atoms in total. The molecule has 0 fully saturated rings. The minimum atomic E-state index is -0.157. The molecule has 1 aliphatic rings. The Morgan fingerprint density at radius 3 is 2.48 bits per heavy atom. The second-order valence-electron chi connectivity index (χ2n) is 6.38. The number of rotatable bonds is 6. The summed E-state index contributed by atoms with van der Waals surface area (Å²) in [5.74, 6) is -0.117. The largest absolute Gasteiger partial charge is 0.390 e. The average molecular weight is 361 g/mol. The van der Waals surface area contributed by atoms with Gasteiger partial charge in [0.15, 0.2) is 0 Å². The van der Waals surface area contributed by atoms with E-state index in [0.29, 0.717) is 18.7 Å². The highest BCUT2D eigenvalue weighted by Gasteiger charge is 2.22. The Hall–Kier alpha value is -3.41. The molecule has 3 aromatic rings. The number of benzene rings is 2. The summed E-state index contributed by atoms with van der Waals surface area (Å²) in [6, 6.07) is 20.2. The van der Waals surface area contributed by atoms with Gasteiger partial charge < -0.3 is 14.7 Å². The summed E-state index contributed by atoms with van der Waals surface area (Å²) in [7, 11) is 0. The highest BCUT2D eigenvalue weighted by Crippen LogP contribution is 2.22. The van der Waals surface area contributed by atoms with Gasteiger partial charge >= 0.3 is 0 Å². The van der Waals surface area contributed by atoms with Crippen LogP contribution in [0.25, 0.3) is 11.1 Å². The molecule has 6 heteroatoms. The number of oxime groups is 1. The predicted molar refractivity (Wildman–Crippen MR) is 101 cm³/mol. The zero-order valence-electron chi connectivity index (χ0n) is 14.7. The van der Waals surface area contributed by atoms with E-state index in [0.717, 1.165) is 16.8 Å². The van der Waals surface area contributed by atoms with Crippen molar-refractivity contribution in [2.75, 3.05) is 6.54 Å². The van der Waals surface area contributed by atoms with Crippen LogP contribution < -0.4 is 5.32 Å². The number of aromatic nitrogens is 1. The Kier molecular flexibility index (Phi) is 4.96. The van der Waals surface area contributed by atoms with Crippen molar-refractivity contribution in [3.8, 4) is 11.1 Å². The Morgan fingerprint density at radius 2 is 1.74 bits per heavy atom. The van der Waals surface area contributed by atoms with Crippen LogP contribution in [0.4, 0.5) is 0 Å². The summed E-state index contributed by atoms with van der Waals surface area (Å²) in [5, 5.41) is 10.8. The molecule has 1 aromatic heterocycles. The van der Waals surface area contributed by atoms with Gasteiger partial charge in [-0.25, -0.2) is 0 Å². The van der Waals surface area contributed by atoms with Crippen LogP contribution in [0.5, 0.6) is 0 Å². The van der Waals surface area contributed by atoms with Crippen molar-refractivity contribution in [3.05, 3.63) is 78.2 Å². The quantitative estimate of drug-likeness (QED) is 0.731. The van der Waals surface area contributed by atoms with E-state index >= 15 is 0 Å². The van der Waals surface area contributed by atoms with Gasteiger partial charge in [-0.1, -0.05) is 64.9 Å². The number of nitrogens with one attached hydrogen (secondary N) is 1. The van der Waals surface area contributed by atoms with Crippen molar-refractivity contribution in [2.45, 2.75) is 18.9 Å². The molecule has 0 spiro atoms. The number of hydrogen-bond acceptors (Lipinski definition) is 5. The van der Waals surface area contributed by atoms with Crippen LogP contribution in [-0.2, 0) is 16.1 Å². The van der Waals surface area contributed by atoms with Gasteiger partial charge in [-0.15, -0.1) is 0 Å². The lowest BCUT2D eigenvalue weighted by Crippen LogP contribution is -2.33. The standard InChI is InChI=1S/C21H19N3O3/c25-21(12-18-10-11-26-23-18)22-14-19-13-20(24-27-19)17-8-6-16(7-9-17)15-4-2-1-3-5-15/h1-11,19H,12-14H2,(H,22,25)/t19-/m0/s1. The van der Waals surface area contributed by atoms with Crippen molar-refractivity contribution in [1.29, 1.82) is 0 Å². The first-order valence-electron chi connectivity index (χ1n) is 8.82. The van der Waals surface area contributed by atoms with Crippen molar-refractivity contribution >= 4 is 11.6 Å². The fraction of sp³-hybridized carbons (Fsp3) is 0.190. The number of nitrogens with zero attached hydrogens (tertiary/aromatic N) is 2. The van der Waals surface area contributed by atoms with Gasteiger partial charge in [0, 0.05) is 12.5 Å². The maximum atomic E-state index is 11.9. The summed E-state index contributed by atoms with van der Waals surface area (Å²) in [4.78, 5) is 17.4. The molecule has 1 atom stereocenters. The molecule has 2 heterocycles. The Labute approximate surface area is 156 Å². The highest BCUT2D eigenvalue weighted by atomic mass is 16.6. The van der Waals surface area contributed by atoms with Crippen molar-refractivity contribution in [3.63, 3.8) is 0 Å². The minimum Gasteiger partial charge on any atom is -0.390 e. The van der Waals surface area contributed by atoms with Crippen LogP contribution in [0.3, 0.4) is 0 Å². The third-order valence-corrected chi connectivity index (χ3v) is 4.42. The maximum absolute atomic E-state index is 11.9. The molecule has 1 amide bonds. The fourth-order valence-electron chi connectivity index (χ4n) is 2.98. The van der Waals surface area contributed by atoms with Crippen LogP contribution in [0.2, 0.25) is 0 Å². The van der Waals surface area contributed by atoms with E-state index in [1.165, 1.54) is 11.8 Å². The Balaban J connectivity index is 1.29. The van der Waals surface area contributed by atoms with E-state index < -0.39 is 0 Å². The van der Waals surface area contributed by atoms with Crippen LogP contribution in [0, 0.1) is 0 Å². The molecule has 4 rings (SSSR count). The van der Waals surface area contributed by atoms with Gasteiger partial charge in [0.2, 0.25) is 5.91 Å². The summed E-state index contributed by atoms with van der Waals surface area (Å²) in [6.07, 6.45) is 2.15. The summed E-state index contributed by atoms with van der Waals surface area (Å²) in [5.41, 5.74) is 4.88. The van der Waals surface area contributed by atoms with E-state index in [-0.39, 0.29) is 18.4 Å². The maximum Gasteiger partial charge on any atom is 0.226 e. The molecule has 1 N–H and O–H groups in total. The first kappa shape index (κ1) is 17.0. The average Bonchev–Trinajstić information content (AvgIpc) is 3.39. The number of carbonyl (C=O) groups excluding carboxylic acids is 1. The first-order chi connectivity index (χ1) is 13.3. The van der Waals surface area contributed by atoms with E-state index in [4.69, 9.17) is 9.36 Å². The molecule has 0 aliphatic carbocycles. The molecule has 0 saturated carbocycles. The lowest BCUT2D eigenvalue weighted by atomic mass is 10.00. The van der Waals surface area contributed by atoms with Crippen LogP contribution in [0.15, 0.2) is 76.6 Å². The Morgan fingerprint density at radius 1 is 1.00 bits per heavy atom. The summed E-state index contributed by atoms with van der Waals surface area (Å²) in [6.45, 7) is 0.409. The van der Waals surface area contributed by atoms with Crippen molar-refractivity contribution in [1.82, 2.24) is 10.5 Å². The van der Waals surface area contributed by atoms with E-state index in [9.17, 15) is 4.79 Å². The van der Waals surface area contributed by atoms with Crippen molar-refractivity contribution in [2.24, 2.45) is 5.16 Å². The van der Waals surface area contributed by atoms with E-state index in [1.54, 1.807) is 6.07 Å². The third-order valence-electron chi connectivity index (χ3n) is 4.42. The van der Waals surface area contributed by atoms with Crippen LogP contribution in [-0.4, -0.2) is 29.4 Å². The molecule has 27 heavy (non-hydrogen) atoms. The molecular formula is C21H19N3O3. The van der Waals surface area contributed by atoms with Gasteiger partial charge in [0.05, 0.1) is 24.4 Å². The monoisotopic (exact) mass is 361 g/mol. The van der Waals surface area contributed by atoms with E-state index in [1.807, 2.05) is 18.2 Å². The fourth-order valence-corrected chi connectivity index (χ4v) is 2.98. The smallest absolute Gasteiger partial charge is 0.226 e. The van der Waals surface area contributed by atoms with Gasteiger partial charge in [-0.05, 0) is 16.7 Å². The highest BCUT2D eigenvalue weighted by molar-refractivity contribution is 6.01. The van der Waals surface area contributed by atoms with Gasteiger partial charge in [-0.2, -0.15) is 0 Å². The van der Waals surface area contributed by atoms with E-state index in [2.05, 4.69) is 52.0 Å². The topological polar surface area (TPSA) is 76.7 Å². The lowest BCUT2D eigenvalue weighted by molar-refractivity contribution is -0.121. The van der Waals surface area contributed by atoms with Gasteiger partial charge in [0.25, 0.3) is 0 Å². The second kappa shape index (κ2) is 7.86. The number of carbonyl (C=O) groups is 1. The predicted octanol–water partition coefficient (Wildman–Crippen LogP) is 3.19. The van der Waals surface area contributed by atoms with Gasteiger partial charge in [-0.3, -0.25) is 4.79 Å². The zero-order chi connectivity index (χ0) is 18.5. The lowest BCUT2D eigenvalue weighted by Gasteiger charge is -2.09. The van der Waals surface area contributed by atoms with Crippen LogP contribution >= 0.6 is 0 Å². The molecular weight excluding hydrogens is 342 g/mol. The van der Waals surface area contributed by atoms with Gasteiger partial charge in [0.1, 0.15) is 12.4 Å². The SMILES string of the molecule is O=C(Cc1ccon1)NC[C@@H]1CC(c2ccc(-c3ccccc3)cc2)=NO1. The molecule has 1 aliphatic heterocycles. The Bertz CT molecular complexity index is 919.